The van der Waals surface area contributed by atoms with Gasteiger partial charge in [-0.15, -0.1) is 0 Å². The molecule has 0 unspecified atom stereocenters. The van der Waals surface area contributed by atoms with Gasteiger partial charge < -0.3 is 15.4 Å². The molecule has 3 aromatic rings. The Morgan fingerprint density at radius 2 is 2.11 bits per heavy atom. The van der Waals surface area contributed by atoms with Gasteiger partial charge in [0.25, 0.3) is 5.91 Å². The number of hydrogen-bond donors (Lipinski definition) is 3. The summed E-state index contributed by atoms with van der Waals surface area (Å²) in [5.74, 6) is 2.21. The number of ether oxygens (including phenoxy) is 1. The minimum atomic E-state index is -2.54. The van der Waals surface area contributed by atoms with E-state index < -0.39 is 25.2 Å². The zero-order valence-electron chi connectivity index (χ0n) is 21.6. The van der Waals surface area contributed by atoms with Crippen LogP contribution in [0.15, 0.2) is 66.5 Å². The maximum atomic E-state index is 12.9. The van der Waals surface area contributed by atoms with Gasteiger partial charge in [0.2, 0.25) is 0 Å². The number of anilines is 2. The molecule has 0 saturated heterocycles. The van der Waals surface area contributed by atoms with E-state index in [-0.39, 0.29) is 16.9 Å². The van der Waals surface area contributed by atoms with E-state index in [9.17, 15) is 9.59 Å². The highest BCUT2D eigenvalue weighted by atomic mass is 16.7. The van der Waals surface area contributed by atoms with Crippen molar-refractivity contribution in [2.45, 2.75) is 25.0 Å². The zero-order chi connectivity index (χ0) is 26.9. The molecule has 4 heterocycles. The van der Waals surface area contributed by atoms with Crippen LogP contribution in [0, 0.1) is 0 Å². The van der Waals surface area contributed by atoms with Gasteiger partial charge in [-0.3, -0.25) is 14.3 Å². The van der Waals surface area contributed by atoms with Gasteiger partial charge in [-0.1, -0.05) is 0 Å². The lowest BCUT2D eigenvalue weighted by Crippen LogP contribution is -2.44. The largest absolute Gasteiger partial charge is 0.379 e. The van der Waals surface area contributed by atoms with Crippen molar-refractivity contribution in [1.82, 2.24) is 24.8 Å². The lowest BCUT2D eigenvalue weighted by molar-refractivity contribution is -0.138. The summed E-state index contributed by atoms with van der Waals surface area (Å²) in [7, 11) is -0.852. The fraction of sp³-hybridized carbons (Fsp3) is 0.261. The van der Waals surface area contributed by atoms with Crippen molar-refractivity contribution in [2.75, 3.05) is 29.7 Å². The SMILES string of the molecule is [2H]C([2H])([2H])O[C@H]1CC[C@@H]1ONC(=O)c1cnn2c(NC)cc(NC3=CC=CN(n4cccc4)C3=C=O)nc12. The minimum absolute atomic E-state index is 0.121. The molecule has 35 heavy (non-hydrogen) atoms. The summed E-state index contributed by atoms with van der Waals surface area (Å²) in [4.78, 5) is 34.8. The van der Waals surface area contributed by atoms with Gasteiger partial charge in [0.05, 0.1) is 22.1 Å². The van der Waals surface area contributed by atoms with Crippen molar-refractivity contribution in [3.8, 4) is 0 Å². The molecule has 1 saturated carbocycles. The number of hydrogen-bond acceptors (Lipinski definition) is 9. The predicted octanol–water partition coefficient (Wildman–Crippen LogP) is 1.59. The number of aromatic nitrogens is 4. The Bertz CT molecular complexity index is 1460. The van der Waals surface area contributed by atoms with Crippen LogP contribution in [-0.2, 0) is 14.4 Å². The van der Waals surface area contributed by atoms with Crippen molar-refractivity contribution in [3.05, 3.63) is 72.1 Å². The Morgan fingerprint density at radius 1 is 1.29 bits per heavy atom. The first kappa shape index (κ1) is 19.0. The number of allylic oxidation sites excluding steroid dienone is 2. The molecular weight excluding hydrogens is 452 g/mol. The molecule has 2 atom stereocenters. The molecule has 3 N–H and O–H groups in total. The lowest BCUT2D eigenvalue weighted by Gasteiger charge is -2.34. The van der Waals surface area contributed by atoms with Gasteiger partial charge in [-0.2, -0.15) is 9.61 Å². The van der Waals surface area contributed by atoms with E-state index >= 15 is 0 Å². The second-order valence-electron chi connectivity index (χ2n) is 7.80. The maximum Gasteiger partial charge on any atom is 0.280 e. The third-order valence-electron chi connectivity index (χ3n) is 5.75. The number of fused-ring (bicyclic) bond motifs is 1. The standard InChI is InChI=1S/C23H24N8O4/c1-24-21-12-20(26-16-6-5-11-30(17(16)14-32)29-9-3-4-10-29)27-22-15(13-25-31(21)22)23(33)28-35-19-8-7-18(19)34-2/h3-6,9-13,18-19,24H,7-8H2,1-2H3,(H,26,27)(H,28,33)/t18-,19-/m0/s1/i2D3. The van der Waals surface area contributed by atoms with E-state index in [4.69, 9.17) is 13.7 Å². The van der Waals surface area contributed by atoms with E-state index in [0.29, 0.717) is 30.2 Å². The zero-order valence-corrected chi connectivity index (χ0v) is 18.6. The number of hydroxylamine groups is 1. The molecule has 1 amide bonds. The smallest absolute Gasteiger partial charge is 0.280 e. The van der Waals surface area contributed by atoms with Crippen molar-refractivity contribution < 1.29 is 23.3 Å². The Kier molecular flexibility index (Phi) is 5.14. The van der Waals surface area contributed by atoms with Gasteiger partial charge >= 0.3 is 0 Å². The van der Waals surface area contributed by atoms with Crippen LogP contribution in [0.3, 0.4) is 0 Å². The van der Waals surface area contributed by atoms with Crippen LogP contribution in [0.4, 0.5) is 11.6 Å². The molecule has 1 aliphatic heterocycles. The first-order valence-electron chi connectivity index (χ1n) is 12.3. The van der Waals surface area contributed by atoms with E-state index in [0.717, 1.165) is 0 Å². The first-order chi connectivity index (χ1) is 18.3. The second-order valence-corrected chi connectivity index (χ2v) is 7.80. The highest BCUT2D eigenvalue weighted by Crippen LogP contribution is 2.26. The van der Waals surface area contributed by atoms with E-state index in [2.05, 4.69) is 26.2 Å². The number of amides is 1. The molecule has 1 aliphatic carbocycles. The first-order valence-corrected chi connectivity index (χ1v) is 10.8. The van der Waals surface area contributed by atoms with Gasteiger partial charge in [0, 0.05) is 38.7 Å². The Balaban J connectivity index is 1.36. The Labute approximate surface area is 204 Å². The third-order valence-corrected chi connectivity index (χ3v) is 5.75. The number of carbonyl (C=O) groups is 1. The number of nitrogens with one attached hydrogen (secondary N) is 3. The van der Waals surface area contributed by atoms with Gasteiger partial charge in [-0.25, -0.2) is 20.3 Å². The van der Waals surface area contributed by atoms with Crippen LogP contribution >= 0.6 is 0 Å². The van der Waals surface area contributed by atoms with Crippen molar-refractivity contribution in [1.29, 1.82) is 0 Å². The lowest BCUT2D eigenvalue weighted by atomic mass is 9.92. The summed E-state index contributed by atoms with van der Waals surface area (Å²) in [5, 5.41) is 12.0. The van der Waals surface area contributed by atoms with Gasteiger partial charge in [0.1, 0.15) is 23.3 Å². The Morgan fingerprint density at radius 3 is 2.83 bits per heavy atom. The summed E-state index contributed by atoms with van der Waals surface area (Å²) in [6.45, 7) is 0. The summed E-state index contributed by atoms with van der Waals surface area (Å²) in [5.41, 5.74) is 3.35. The average molecular weight is 480 g/mol. The highest BCUT2D eigenvalue weighted by molar-refractivity contribution is 5.99. The maximum absolute atomic E-state index is 12.9. The quantitative estimate of drug-likeness (QED) is 0.326. The molecule has 0 aromatic carbocycles. The monoisotopic (exact) mass is 479 g/mol. The number of nitrogens with zero attached hydrogens (tertiary/aromatic N) is 5. The second kappa shape index (κ2) is 9.47. The van der Waals surface area contributed by atoms with E-state index in [1.165, 1.54) is 10.7 Å². The summed E-state index contributed by atoms with van der Waals surface area (Å²) in [6.07, 6.45) is 9.94. The number of methoxy groups -OCH3 is 1. The molecule has 180 valence electrons. The number of carbonyl (C=O) groups excluding carboxylic acids is 2. The van der Waals surface area contributed by atoms with Crippen molar-refractivity contribution in [3.63, 3.8) is 0 Å². The molecular formula is C23H24N8O4. The fourth-order valence-electron chi connectivity index (χ4n) is 3.76. The molecule has 5 rings (SSSR count). The van der Waals surface area contributed by atoms with E-state index in [1.807, 2.05) is 18.1 Å². The molecule has 12 heteroatoms. The molecule has 12 nitrogen and oxygen atoms in total. The molecule has 0 radical (unpaired) electrons. The summed E-state index contributed by atoms with van der Waals surface area (Å²) in [6, 6.07) is 5.33. The number of rotatable bonds is 8. The predicted molar refractivity (Wildman–Crippen MR) is 128 cm³/mol. The molecule has 1 fully saturated rings. The van der Waals surface area contributed by atoms with Crippen LogP contribution in [-0.4, -0.2) is 57.4 Å². The van der Waals surface area contributed by atoms with Crippen molar-refractivity contribution >= 4 is 29.1 Å². The van der Waals surface area contributed by atoms with Crippen molar-refractivity contribution in [2.24, 2.45) is 0 Å². The average Bonchev–Trinajstić information content (AvgIpc) is 3.56. The van der Waals surface area contributed by atoms with Crippen LogP contribution in [0.1, 0.15) is 27.3 Å². The molecule has 0 spiro atoms. The van der Waals surface area contributed by atoms with Crippen LogP contribution in [0.25, 0.3) is 5.65 Å². The normalized spacial score (nSPS) is 20.8. The molecule has 2 aliphatic rings. The molecule has 3 aromatic heterocycles. The van der Waals surface area contributed by atoms with Crippen LogP contribution in [0.2, 0.25) is 0 Å². The molecule has 0 bridgehead atoms. The fourth-order valence-corrected chi connectivity index (χ4v) is 3.76. The Hall–Kier alpha value is -4.38. The topological polar surface area (TPSA) is 127 Å². The summed E-state index contributed by atoms with van der Waals surface area (Å²) < 4.78 is 29.9. The van der Waals surface area contributed by atoms with Crippen LogP contribution < -0.4 is 21.1 Å². The minimum Gasteiger partial charge on any atom is -0.379 e. The van der Waals surface area contributed by atoms with Crippen LogP contribution in [0.5, 0.6) is 0 Å². The third kappa shape index (κ3) is 4.17. The summed E-state index contributed by atoms with van der Waals surface area (Å²) >= 11 is 0. The highest BCUT2D eigenvalue weighted by Gasteiger charge is 2.33. The van der Waals surface area contributed by atoms with E-state index in [1.54, 1.807) is 53.5 Å². The van der Waals surface area contributed by atoms with Gasteiger partial charge in [-0.05, 0) is 37.1 Å². The van der Waals surface area contributed by atoms with Gasteiger partial charge in [0.15, 0.2) is 17.3 Å².